The molecule has 0 saturated heterocycles. The van der Waals surface area contributed by atoms with Gasteiger partial charge in [-0.3, -0.25) is 0 Å². The van der Waals surface area contributed by atoms with Crippen LogP contribution in [0.4, 0.5) is 0 Å². The SMILES string of the molecule is CC(C)(C)[Si](C)(C)Oc1ccc(Cc2cc3cc(CCCCCI)ccc3o2)cc1. The predicted octanol–water partition coefficient (Wildman–Crippen LogP) is 8.56. The van der Waals surface area contributed by atoms with Crippen molar-refractivity contribution in [3.05, 3.63) is 65.4 Å². The first-order valence-electron chi connectivity index (χ1n) is 11.0. The summed E-state index contributed by atoms with van der Waals surface area (Å²) in [5.74, 6) is 1.99. The number of furan rings is 1. The zero-order valence-corrected chi connectivity index (χ0v) is 22.2. The lowest BCUT2D eigenvalue weighted by atomic mass is 10.1. The number of fused-ring (bicyclic) bond motifs is 1. The van der Waals surface area contributed by atoms with Gasteiger partial charge in [-0.05, 0) is 83.3 Å². The van der Waals surface area contributed by atoms with Crippen LogP contribution in [-0.4, -0.2) is 12.7 Å². The van der Waals surface area contributed by atoms with Crippen molar-refractivity contribution in [2.24, 2.45) is 0 Å². The van der Waals surface area contributed by atoms with E-state index >= 15 is 0 Å². The summed E-state index contributed by atoms with van der Waals surface area (Å²) in [7, 11) is -1.80. The Kier molecular flexibility index (Phi) is 7.72. The van der Waals surface area contributed by atoms with Crippen LogP contribution in [0.3, 0.4) is 0 Å². The summed E-state index contributed by atoms with van der Waals surface area (Å²) in [5.41, 5.74) is 3.64. The molecule has 162 valence electrons. The van der Waals surface area contributed by atoms with Gasteiger partial charge in [-0.1, -0.05) is 68.0 Å². The van der Waals surface area contributed by atoms with Crippen molar-refractivity contribution in [3.63, 3.8) is 0 Å². The fourth-order valence-corrected chi connectivity index (χ4v) is 4.89. The van der Waals surface area contributed by atoms with Crippen LogP contribution in [0.25, 0.3) is 11.0 Å². The number of unbranched alkanes of at least 4 members (excludes halogenated alkanes) is 2. The van der Waals surface area contributed by atoms with Crippen LogP contribution in [-0.2, 0) is 12.8 Å². The van der Waals surface area contributed by atoms with Crippen molar-refractivity contribution in [1.82, 2.24) is 0 Å². The van der Waals surface area contributed by atoms with E-state index in [-0.39, 0.29) is 5.04 Å². The Hall–Kier alpha value is -1.27. The second kappa shape index (κ2) is 9.90. The molecule has 2 aromatic carbocycles. The number of halogens is 1. The number of hydrogen-bond donors (Lipinski definition) is 0. The molecule has 3 aromatic rings. The first-order chi connectivity index (χ1) is 14.2. The summed E-state index contributed by atoms with van der Waals surface area (Å²) < 4.78 is 13.8. The molecule has 0 saturated carbocycles. The number of hydrogen-bond acceptors (Lipinski definition) is 2. The van der Waals surface area contributed by atoms with E-state index in [1.165, 1.54) is 40.2 Å². The Morgan fingerprint density at radius 1 is 0.900 bits per heavy atom. The molecule has 0 radical (unpaired) electrons. The Morgan fingerprint density at radius 3 is 2.27 bits per heavy atom. The van der Waals surface area contributed by atoms with Gasteiger partial charge in [0.1, 0.15) is 17.1 Å². The number of aryl methyl sites for hydroxylation is 1. The Balaban J connectivity index is 1.64. The van der Waals surface area contributed by atoms with Crippen molar-refractivity contribution in [2.45, 2.75) is 71.0 Å². The van der Waals surface area contributed by atoms with Gasteiger partial charge in [-0.25, -0.2) is 0 Å². The molecule has 1 heterocycles. The molecule has 0 amide bonds. The van der Waals surface area contributed by atoms with E-state index in [1.807, 2.05) is 0 Å². The van der Waals surface area contributed by atoms with Crippen LogP contribution in [0.15, 0.2) is 52.9 Å². The minimum Gasteiger partial charge on any atom is -0.544 e. The molecule has 2 nitrogen and oxygen atoms in total. The summed E-state index contributed by atoms with van der Waals surface area (Å²) in [5, 5.41) is 1.42. The molecule has 0 aliphatic rings. The third kappa shape index (κ3) is 6.13. The predicted molar refractivity (Wildman–Crippen MR) is 140 cm³/mol. The van der Waals surface area contributed by atoms with E-state index in [1.54, 1.807) is 0 Å². The number of alkyl halides is 1. The first kappa shape index (κ1) is 23.4. The molecule has 0 aliphatic carbocycles. The second-order valence-electron chi connectivity index (χ2n) is 9.77. The molecule has 3 rings (SSSR count). The maximum atomic E-state index is 6.40. The third-order valence-corrected chi connectivity index (χ3v) is 11.3. The number of benzene rings is 2. The minimum atomic E-state index is -1.80. The summed E-state index contributed by atoms with van der Waals surface area (Å²) in [4.78, 5) is 0. The first-order valence-corrected chi connectivity index (χ1v) is 15.5. The molecule has 0 atom stereocenters. The quantitative estimate of drug-likeness (QED) is 0.119. The van der Waals surface area contributed by atoms with Gasteiger partial charge in [0, 0.05) is 11.8 Å². The van der Waals surface area contributed by atoms with Gasteiger partial charge in [0.2, 0.25) is 8.32 Å². The van der Waals surface area contributed by atoms with Crippen molar-refractivity contribution in [1.29, 1.82) is 0 Å². The third-order valence-electron chi connectivity index (χ3n) is 6.21. The second-order valence-corrected chi connectivity index (χ2v) is 15.6. The fourth-order valence-electron chi connectivity index (χ4n) is 3.32. The van der Waals surface area contributed by atoms with Crippen molar-refractivity contribution in [2.75, 3.05) is 4.43 Å². The molecule has 0 N–H and O–H groups in total. The molecule has 0 bridgehead atoms. The largest absolute Gasteiger partial charge is 0.544 e. The van der Waals surface area contributed by atoms with E-state index in [0.29, 0.717) is 0 Å². The molecule has 0 unspecified atom stereocenters. The van der Waals surface area contributed by atoms with Gasteiger partial charge in [0.15, 0.2) is 0 Å². The highest BCUT2D eigenvalue weighted by Crippen LogP contribution is 2.37. The molecule has 1 aromatic heterocycles. The average molecular weight is 535 g/mol. The van der Waals surface area contributed by atoms with Gasteiger partial charge in [0.05, 0.1) is 0 Å². The molecule has 4 heteroatoms. The van der Waals surface area contributed by atoms with E-state index < -0.39 is 8.32 Å². The maximum absolute atomic E-state index is 6.40. The smallest absolute Gasteiger partial charge is 0.250 e. The Morgan fingerprint density at radius 2 is 1.60 bits per heavy atom. The Bertz CT molecular complexity index is 951. The normalized spacial score (nSPS) is 12.5. The van der Waals surface area contributed by atoms with Crippen molar-refractivity contribution >= 4 is 41.9 Å². The van der Waals surface area contributed by atoms with Crippen molar-refractivity contribution < 1.29 is 8.84 Å². The lowest BCUT2D eigenvalue weighted by Gasteiger charge is -2.36. The molecule has 0 aliphatic heterocycles. The molecular formula is C26H35IO2Si. The maximum Gasteiger partial charge on any atom is 0.250 e. The molecule has 0 fully saturated rings. The van der Waals surface area contributed by atoms with Gasteiger partial charge in [-0.15, -0.1) is 0 Å². The highest BCUT2D eigenvalue weighted by atomic mass is 127. The standard InChI is InChI=1S/C26H35IO2Si/c1-26(2,3)30(4,5)29-23-13-10-21(11-14-23)18-24-19-22-17-20(9-7-6-8-16-27)12-15-25(22)28-24/h10-15,17,19H,6-9,16,18H2,1-5H3. The van der Waals surface area contributed by atoms with E-state index in [4.69, 9.17) is 8.84 Å². The van der Waals surface area contributed by atoms with Crippen LogP contribution in [0.2, 0.25) is 18.1 Å². The topological polar surface area (TPSA) is 22.4 Å². The zero-order chi connectivity index (χ0) is 21.8. The Labute approximate surface area is 196 Å². The average Bonchev–Trinajstić information content (AvgIpc) is 3.07. The highest BCUT2D eigenvalue weighted by molar-refractivity contribution is 14.1. The van der Waals surface area contributed by atoms with E-state index in [2.05, 4.69) is 105 Å². The van der Waals surface area contributed by atoms with E-state index in [9.17, 15) is 0 Å². The molecule has 0 spiro atoms. The summed E-state index contributed by atoms with van der Waals surface area (Å²) in [6, 6.07) is 17.4. The van der Waals surface area contributed by atoms with Gasteiger partial charge < -0.3 is 8.84 Å². The van der Waals surface area contributed by atoms with Crippen LogP contribution < -0.4 is 4.43 Å². The fraction of sp³-hybridized carbons (Fsp3) is 0.462. The van der Waals surface area contributed by atoms with Gasteiger partial charge in [0.25, 0.3) is 0 Å². The summed E-state index contributed by atoms with van der Waals surface area (Å²) >= 11 is 2.46. The van der Waals surface area contributed by atoms with Gasteiger partial charge >= 0.3 is 0 Å². The lowest BCUT2D eigenvalue weighted by molar-refractivity contribution is 0.492. The molecule has 30 heavy (non-hydrogen) atoms. The van der Waals surface area contributed by atoms with Crippen LogP contribution in [0.1, 0.15) is 56.9 Å². The van der Waals surface area contributed by atoms with Crippen LogP contribution >= 0.6 is 22.6 Å². The summed E-state index contributed by atoms with van der Waals surface area (Å²) in [6.07, 6.45) is 5.86. The monoisotopic (exact) mass is 534 g/mol. The highest BCUT2D eigenvalue weighted by Gasteiger charge is 2.38. The number of rotatable bonds is 9. The molecular weight excluding hydrogens is 499 g/mol. The van der Waals surface area contributed by atoms with E-state index in [0.717, 1.165) is 29.9 Å². The summed E-state index contributed by atoms with van der Waals surface area (Å²) in [6.45, 7) is 11.4. The lowest BCUT2D eigenvalue weighted by Crippen LogP contribution is -2.43. The minimum absolute atomic E-state index is 0.203. The zero-order valence-electron chi connectivity index (χ0n) is 19.1. The van der Waals surface area contributed by atoms with Crippen LogP contribution in [0, 0.1) is 0 Å². The van der Waals surface area contributed by atoms with Gasteiger partial charge in [-0.2, -0.15) is 0 Å². The van der Waals surface area contributed by atoms with Crippen molar-refractivity contribution in [3.8, 4) is 5.75 Å². The van der Waals surface area contributed by atoms with Crippen LogP contribution in [0.5, 0.6) is 5.75 Å².